The van der Waals surface area contributed by atoms with Crippen molar-refractivity contribution < 1.29 is 26.7 Å². The Kier molecular flexibility index (Phi) is 7.64. The maximum Gasteiger partial charge on any atom is 0.243 e. The van der Waals surface area contributed by atoms with Crippen LogP contribution in [0.3, 0.4) is 0 Å². The fourth-order valence-corrected chi connectivity index (χ4v) is 4.14. The molecule has 2 rings (SSSR count). The summed E-state index contributed by atoms with van der Waals surface area (Å²) in [6, 6.07) is 9.12. The Hall–Kier alpha value is -2.68. The van der Waals surface area contributed by atoms with Crippen LogP contribution in [0.1, 0.15) is 33.3 Å². The monoisotopic (exact) mass is 454 g/mol. The first-order valence-corrected chi connectivity index (χ1v) is 11.6. The number of carbonyl (C=O) groups excluding carboxylic acids is 1. The molecule has 0 fully saturated rings. The summed E-state index contributed by atoms with van der Waals surface area (Å²) in [5.74, 6) is -2.26. The van der Waals surface area contributed by atoms with Gasteiger partial charge in [-0.25, -0.2) is 17.2 Å². The lowest BCUT2D eigenvalue weighted by atomic mass is 9.87. The molecule has 2 aromatic carbocycles. The number of carbonyl (C=O) groups is 1. The molecule has 1 amide bonds. The molecule has 0 aliphatic carbocycles. The van der Waals surface area contributed by atoms with Crippen molar-refractivity contribution in [1.82, 2.24) is 5.32 Å². The molecule has 2 aromatic rings. The van der Waals surface area contributed by atoms with Gasteiger partial charge in [0, 0.05) is 6.07 Å². The van der Waals surface area contributed by atoms with Gasteiger partial charge in [0.1, 0.15) is 18.4 Å². The van der Waals surface area contributed by atoms with Crippen LogP contribution in [0.4, 0.5) is 14.5 Å². The zero-order valence-electron chi connectivity index (χ0n) is 18.3. The van der Waals surface area contributed by atoms with Crippen molar-refractivity contribution in [2.45, 2.75) is 39.2 Å². The normalized spacial score (nSPS) is 12.9. The van der Waals surface area contributed by atoms with Gasteiger partial charge in [0.05, 0.1) is 18.5 Å². The maximum absolute atomic E-state index is 13.6. The van der Waals surface area contributed by atoms with E-state index < -0.39 is 33.6 Å². The van der Waals surface area contributed by atoms with Gasteiger partial charge in [-0.1, -0.05) is 32.9 Å². The van der Waals surface area contributed by atoms with Gasteiger partial charge in [-0.15, -0.1) is 0 Å². The zero-order chi connectivity index (χ0) is 23.4. The molecule has 1 atom stereocenters. The molecule has 0 radical (unpaired) electrons. The molecule has 31 heavy (non-hydrogen) atoms. The summed E-state index contributed by atoms with van der Waals surface area (Å²) >= 11 is 0. The molecule has 6 nitrogen and oxygen atoms in total. The van der Waals surface area contributed by atoms with Gasteiger partial charge in [-0.3, -0.25) is 9.10 Å². The van der Waals surface area contributed by atoms with Crippen molar-refractivity contribution in [3.8, 4) is 5.75 Å². The van der Waals surface area contributed by atoms with Gasteiger partial charge in [-0.05, 0) is 42.2 Å². The van der Waals surface area contributed by atoms with Crippen LogP contribution in [0.5, 0.6) is 5.75 Å². The van der Waals surface area contributed by atoms with Crippen molar-refractivity contribution in [3.63, 3.8) is 0 Å². The minimum atomic E-state index is -3.93. The van der Waals surface area contributed by atoms with Crippen LogP contribution < -0.4 is 14.4 Å². The minimum absolute atomic E-state index is 0.0293. The smallest absolute Gasteiger partial charge is 0.243 e. The number of anilines is 1. The highest BCUT2D eigenvalue weighted by Crippen LogP contribution is 2.25. The predicted molar refractivity (Wildman–Crippen MR) is 117 cm³/mol. The first-order chi connectivity index (χ1) is 14.3. The molecule has 1 N–H and O–H groups in total. The molecule has 1 unspecified atom stereocenters. The Morgan fingerprint density at radius 1 is 1.10 bits per heavy atom. The van der Waals surface area contributed by atoms with Crippen LogP contribution in [-0.2, 0) is 20.2 Å². The van der Waals surface area contributed by atoms with Crippen molar-refractivity contribution in [3.05, 3.63) is 59.7 Å². The summed E-state index contributed by atoms with van der Waals surface area (Å²) in [5.41, 5.74) is 1.06. The summed E-state index contributed by atoms with van der Waals surface area (Å²) in [6.45, 7) is 8.01. The first kappa shape index (κ1) is 24.6. The van der Waals surface area contributed by atoms with Gasteiger partial charge in [0.25, 0.3) is 0 Å². The Morgan fingerprint density at radius 2 is 1.71 bits per heavy atom. The summed E-state index contributed by atoms with van der Waals surface area (Å²) in [7, 11) is -3.93. The van der Waals surface area contributed by atoms with Gasteiger partial charge < -0.3 is 10.1 Å². The molecular formula is C22H28F2N2O4S. The van der Waals surface area contributed by atoms with Gasteiger partial charge in [0.2, 0.25) is 15.9 Å². The lowest BCUT2D eigenvalue weighted by Crippen LogP contribution is -2.48. The van der Waals surface area contributed by atoms with Crippen LogP contribution in [0.25, 0.3) is 0 Å². The Morgan fingerprint density at radius 3 is 2.23 bits per heavy atom. The van der Waals surface area contributed by atoms with E-state index in [1.54, 1.807) is 0 Å². The quantitative estimate of drug-likeness (QED) is 0.619. The number of amides is 1. The van der Waals surface area contributed by atoms with Crippen LogP contribution >= 0.6 is 0 Å². The number of ether oxygens (including phenoxy) is 1. The number of rotatable bonds is 8. The minimum Gasteiger partial charge on any atom is -0.492 e. The molecule has 0 saturated heterocycles. The van der Waals surface area contributed by atoms with E-state index in [0.717, 1.165) is 28.8 Å². The predicted octanol–water partition coefficient (Wildman–Crippen LogP) is 3.61. The zero-order valence-corrected chi connectivity index (χ0v) is 19.1. The van der Waals surface area contributed by atoms with Gasteiger partial charge in [-0.2, -0.15) is 0 Å². The highest BCUT2D eigenvalue weighted by molar-refractivity contribution is 7.92. The second-order valence-electron chi connectivity index (χ2n) is 8.25. The lowest BCUT2D eigenvalue weighted by Gasteiger charge is -2.28. The number of nitrogens with zero attached hydrogens (tertiary/aromatic N) is 1. The molecule has 0 saturated carbocycles. The van der Waals surface area contributed by atoms with Crippen LogP contribution in [0.2, 0.25) is 0 Å². The molecule has 0 spiro atoms. The second-order valence-corrected chi connectivity index (χ2v) is 10.1. The van der Waals surface area contributed by atoms with E-state index in [0.29, 0.717) is 5.75 Å². The van der Waals surface area contributed by atoms with E-state index in [2.05, 4.69) is 26.1 Å². The van der Waals surface area contributed by atoms with E-state index in [9.17, 15) is 22.0 Å². The van der Waals surface area contributed by atoms with Crippen molar-refractivity contribution in [2.75, 3.05) is 23.7 Å². The molecule has 0 aliphatic rings. The number of hydrogen-bond donors (Lipinski definition) is 1. The van der Waals surface area contributed by atoms with E-state index >= 15 is 0 Å². The standard InChI is InChI=1S/C22H28F2N2O4S/c1-15(26(31(5,28)29)17-8-11-19(23)20(24)14-17)21(27)25-12-13-30-18-9-6-16(7-10-18)22(2,3)4/h6-11,14-15H,12-13H2,1-5H3,(H,25,27). The van der Waals surface area contributed by atoms with Crippen molar-refractivity contribution >= 4 is 21.6 Å². The maximum atomic E-state index is 13.6. The average molecular weight is 455 g/mol. The fraction of sp³-hybridized carbons (Fsp3) is 0.409. The third kappa shape index (κ3) is 6.65. The Labute approximate surface area is 182 Å². The first-order valence-electron chi connectivity index (χ1n) is 9.76. The number of hydrogen-bond acceptors (Lipinski definition) is 4. The number of nitrogens with one attached hydrogen (secondary N) is 1. The summed E-state index contributed by atoms with van der Waals surface area (Å²) in [6.07, 6.45) is 0.891. The van der Waals surface area contributed by atoms with E-state index in [4.69, 9.17) is 4.74 Å². The van der Waals surface area contributed by atoms with Crippen LogP contribution in [0, 0.1) is 11.6 Å². The summed E-state index contributed by atoms with van der Waals surface area (Å²) in [4.78, 5) is 12.5. The molecule has 0 aliphatic heterocycles. The molecule has 0 aromatic heterocycles. The van der Waals surface area contributed by atoms with E-state index in [1.807, 2.05) is 24.3 Å². The van der Waals surface area contributed by atoms with Gasteiger partial charge in [0.15, 0.2) is 11.6 Å². The molecular weight excluding hydrogens is 426 g/mol. The highest BCUT2D eigenvalue weighted by atomic mass is 32.2. The topological polar surface area (TPSA) is 75.7 Å². The van der Waals surface area contributed by atoms with E-state index in [-0.39, 0.29) is 24.3 Å². The third-order valence-corrected chi connectivity index (χ3v) is 5.88. The third-order valence-electron chi connectivity index (χ3n) is 4.64. The Balaban J connectivity index is 1.97. The number of benzene rings is 2. The molecule has 0 heterocycles. The number of sulfonamides is 1. The van der Waals surface area contributed by atoms with E-state index in [1.165, 1.54) is 12.5 Å². The largest absolute Gasteiger partial charge is 0.492 e. The molecule has 0 bridgehead atoms. The van der Waals surface area contributed by atoms with Crippen molar-refractivity contribution in [1.29, 1.82) is 0 Å². The van der Waals surface area contributed by atoms with Crippen LogP contribution in [-0.4, -0.2) is 39.8 Å². The second kappa shape index (κ2) is 9.64. The van der Waals surface area contributed by atoms with Crippen molar-refractivity contribution in [2.24, 2.45) is 0 Å². The Bertz CT molecular complexity index is 1020. The SMILES string of the molecule is CC(C(=O)NCCOc1ccc(C(C)(C)C)cc1)N(c1ccc(F)c(F)c1)S(C)(=O)=O. The molecule has 170 valence electrons. The fourth-order valence-electron chi connectivity index (χ4n) is 2.97. The van der Waals surface area contributed by atoms with Gasteiger partial charge >= 0.3 is 0 Å². The summed E-state index contributed by atoms with van der Waals surface area (Å²) in [5, 5.41) is 2.60. The lowest BCUT2D eigenvalue weighted by molar-refractivity contribution is -0.121. The molecule has 9 heteroatoms. The number of halogens is 2. The van der Waals surface area contributed by atoms with Crippen LogP contribution in [0.15, 0.2) is 42.5 Å². The highest BCUT2D eigenvalue weighted by Gasteiger charge is 2.29. The average Bonchev–Trinajstić information content (AvgIpc) is 2.66. The summed E-state index contributed by atoms with van der Waals surface area (Å²) < 4.78 is 57.5.